The number of rotatable bonds is 2. The third kappa shape index (κ3) is 1.36. The maximum Gasteiger partial charge on any atom is 0.314 e. The molecule has 2 aliphatic rings. The standard InChI is InChI=1S/C13H13FO3/c14-10-7-11-8(2-5-17-11)6-9(10)13(12(15)16)3-1-4-13/h6-7H,1-5H2,(H,15,16). The molecule has 1 heterocycles. The van der Waals surface area contributed by atoms with Crippen LogP contribution in [0, 0.1) is 5.82 Å². The third-order valence-electron chi connectivity index (χ3n) is 3.91. The smallest absolute Gasteiger partial charge is 0.314 e. The number of benzene rings is 1. The van der Waals surface area contributed by atoms with Crippen LogP contribution >= 0.6 is 0 Å². The van der Waals surface area contributed by atoms with Crippen molar-refractivity contribution in [2.45, 2.75) is 31.1 Å². The van der Waals surface area contributed by atoms with Crippen molar-refractivity contribution in [2.24, 2.45) is 0 Å². The Morgan fingerprint density at radius 2 is 2.18 bits per heavy atom. The number of fused-ring (bicyclic) bond motifs is 1. The molecule has 17 heavy (non-hydrogen) atoms. The molecule has 1 saturated carbocycles. The summed E-state index contributed by atoms with van der Waals surface area (Å²) in [6, 6.07) is 3.02. The molecule has 1 aromatic carbocycles. The van der Waals surface area contributed by atoms with E-state index in [1.54, 1.807) is 6.07 Å². The van der Waals surface area contributed by atoms with Crippen LogP contribution in [0.15, 0.2) is 12.1 Å². The van der Waals surface area contributed by atoms with Gasteiger partial charge in [-0.3, -0.25) is 4.79 Å². The van der Waals surface area contributed by atoms with E-state index in [9.17, 15) is 14.3 Å². The summed E-state index contributed by atoms with van der Waals surface area (Å²) in [5, 5.41) is 9.31. The highest BCUT2D eigenvalue weighted by molar-refractivity contribution is 5.83. The van der Waals surface area contributed by atoms with Gasteiger partial charge in [-0.15, -0.1) is 0 Å². The molecule has 1 aliphatic carbocycles. The summed E-state index contributed by atoms with van der Waals surface area (Å²) in [4.78, 5) is 11.4. The molecule has 0 radical (unpaired) electrons. The number of carboxylic acid groups (broad SMARTS) is 1. The highest BCUT2D eigenvalue weighted by Crippen LogP contribution is 2.46. The molecule has 0 bridgehead atoms. The Hall–Kier alpha value is -1.58. The molecule has 3 nitrogen and oxygen atoms in total. The van der Waals surface area contributed by atoms with Crippen LogP contribution in [0.1, 0.15) is 30.4 Å². The summed E-state index contributed by atoms with van der Waals surface area (Å²) in [5.41, 5.74) is 0.260. The second-order valence-corrected chi connectivity index (χ2v) is 4.78. The van der Waals surface area contributed by atoms with Crippen LogP contribution in [-0.4, -0.2) is 17.7 Å². The average Bonchev–Trinajstić information content (AvgIpc) is 2.62. The van der Waals surface area contributed by atoms with Crippen LogP contribution in [0.3, 0.4) is 0 Å². The first-order valence-corrected chi connectivity index (χ1v) is 5.82. The molecule has 1 N–H and O–H groups in total. The predicted octanol–water partition coefficient (Wildman–Crippen LogP) is 2.27. The van der Waals surface area contributed by atoms with Crippen molar-refractivity contribution in [3.63, 3.8) is 0 Å². The van der Waals surface area contributed by atoms with Gasteiger partial charge in [0.15, 0.2) is 0 Å². The van der Waals surface area contributed by atoms with Crippen LogP contribution in [0.4, 0.5) is 4.39 Å². The number of halogens is 1. The van der Waals surface area contributed by atoms with Gasteiger partial charge in [0.05, 0.1) is 12.0 Å². The van der Waals surface area contributed by atoms with Crippen molar-refractivity contribution in [3.05, 3.63) is 29.1 Å². The van der Waals surface area contributed by atoms with E-state index in [4.69, 9.17) is 4.74 Å². The fourth-order valence-electron chi connectivity index (χ4n) is 2.70. The lowest BCUT2D eigenvalue weighted by atomic mass is 9.64. The molecule has 90 valence electrons. The number of carbonyl (C=O) groups is 1. The van der Waals surface area contributed by atoms with Crippen molar-refractivity contribution >= 4 is 5.97 Å². The van der Waals surface area contributed by atoms with Crippen LogP contribution in [0.25, 0.3) is 0 Å². The zero-order chi connectivity index (χ0) is 12.0. The first-order chi connectivity index (χ1) is 8.13. The Kier molecular flexibility index (Phi) is 2.15. The van der Waals surface area contributed by atoms with E-state index in [2.05, 4.69) is 0 Å². The molecule has 0 aromatic heterocycles. The highest BCUT2D eigenvalue weighted by Gasteiger charge is 2.48. The number of aliphatic carboxylic acids is 1. The number of hydrogen-bond acceptors (Lipinski definition) is 2. The van der Waals surface area contributed by atoms with Gasteiger partial charge < -0.3 is 9.84 Å². The molecule has 1 aliphatic heterocycles. The summed E-state index contributed by atoms with van der Waals surface area (Å²) in [6.07, 6.45) is 2.63. The molecule has 1 aromatic rings. The predicted molar refractivity (Wildman–Crippen MR) is 58.8 cm³/mol. The summed E-state index contributed by atoms with van der Waals surface area (Å²) in [6.45, 7) is 0.554. The monoisotopic (exact) mass is 236 g/mol. The summed E-state index contributed by atoms with van der Waals surface area (Å²) < 4.78 is 19.2. The van der Waals surface area contributed by atoms with E-state index in [-0.39, 0.29) is 0 Å². The molecule has 3 rings (SSSR count). The number of carboxylic acids is 1. The zero-order valence-electron chi connectivity index (χ0n) is 9.33. The lowest BCUT2D eigenvalue weighted by molar-refractivity contribution is -0.147. The molecule has 0 saturated heterocycles. The van der Waals surface area contributed by atoms with Gasteiger partial charge in [0.2, 0.25) is 0 Å². The number of hydrogen-bond donors (Lipinski definition) is 1. The van der Waals surface area contributed by atoms with Crippen LogP contribution in [-0.2, 0) is 16.6 Å². The second-order valence-electron chi connectivity index (χ2n) is 4.78. The van der Waals surface area contributed by atoms with Gasteiger partial charge in [-0.05, 0) is 24.5 Å². The SMILES string of the molecule is O=C(O)C1(c2cc3c(cc2F)OCC3)CCC1. The number of ether oxygens (including phenoxy) is 1. The molecule has 4 heteroatoms. The van der Waals surface area contributed by atoms with Crippen LogP contribution < -0.4 is 4.74 Å². The van der Waals surface area contributed by atoms with Crippen molar-refractivity contribution in [2.75, 3.05) is 6.61 Å². The highest BCUT2D eigenvalue weighted by atomic mass is 19.1. The Morgan fingerprint density at radius 1 is 1.41 bits per heavy atom. The van der Waals surface area contributed by atoms with Crippen LogP contribution in [0.5, 0.6) is 5.75 Å². The Bertz CT molecular complexity index is 492. The van der Waals surface area contributed by atoms with E-state index >= 15 is 0 Å². The fourth-order valence-corrected chi connectivity index (χ4v) is 2.70. The molecule has 0 unspecified atom stereocenters. The van der Waals surface area contributed by atoms with E-state index < -0.39 is 17.2 Å². The van der Waals surface area contributed by atoms with Gasteiger partial charge in [-0.1, -0.05) is 6.42 Å². The first kappa shape index (κ1) is 10.6. The maximum absolute atomic E-state index is 14.0. The summed E-state index contributed by atoms with van der Waals surface area (Å²) in [5.74, 6) is -0.805. The molecular weight excluding hydrogens is 223 g/mol. The van der Waals surface area contributed by atoms with Gasteiger partial charge in [-0.2, -0.15) is 0 Å². The Labute approximate surface area is 98.2 Å². The van der Waals surface area contributed by atoms with Crippen molar-refractivity contribution in [1.29, 1.82) is 0 Å². The largest absolute Gasteiger partial charge is 0.493 e. The van der Waals surface area contributed by atoms with Gasteiger partial charge in [0.1, 0.15) is 11.6 Å². The second kappa shape index (κ2) is 3.45. The maximum atomic E-state index is 14.0. The van der Waals surface area contributed by atoms with Gasteiger partial charge in [0, 0.05) is 18.1 Å². The van der Waals surface area contributed by atoms with Crippen molar-refractivity contribution < 1.29 is 19.0 Å². The summed E-state index contributed by atoms with van der Waals surface area (Å²) in [7, 11) is 0. The van der Waals surface area contributed by atoms with Crippen molar-refractivity contribution in [1.82, 2.24) is 0 Å². The molecule has 1 fully saturated rings. The van der Waals surface area contributed by atoms with Crippen molar-refractivity contribution in [3.8, 4) is 5.75 Å². The first-order valence-electron chi connectivity index (χ1n) is 5.82. The molecule has 0 amide bonds. The van der Waals surface area contributed by atoms with E-state index in [1.165, 1.54) is 6.07 Å². The normalized spacial score (nSPS) is 20.3. The Balaban J connectivity index is 2.11. The minimum absolute atomic E-state index is 0.334. The topological polar surface area (TPSA) is 46.5 Å². The van der Waals surface area contributed by atoms with Gasteiger partial charge in [0.25, 0.3) is 0 Å². The van der Waals surface area contributed by atoms with Gasteiger partial charge in [-0.25, -0.2) is 4.39 Å². The quantitative estimate of drug-likeness (QED) is 0.856. The van der Waals surface area contributed by atoms with Gasteiger partial charge >= 0.3 is 5.97 Å². The van der Waals surface area contributed by atoms with E-state index in [0.717, 1.165) is 18.4 Å². The summed E-state index contributed by atoms with van der Waals surface area (Å²) >= 11 is 0. The van der Waals surface area contributed by atoms with Crippen LogP contribution in [0.2, 0.25) is 0 Å². The minimum Gasteiger partial charge on any atom is -0.493 e. The lowest BCUT2D eigenvalue weighted by Crippen LogP contribution is -2.43. The molecule has 0 atom stereocenters. The molecular formula is C13H13FO3. The fraction of sp³-hybridized carbons (Fsp3) is 0.462. The van der Waals surface area contributed by atoms with E-state index in [1.807, 2.05) is 0 Å². The minimum atomic E-state index is -0.998. The zero-order valence-corrected chi connectivity index (χ0v) is 9.33. The van der Waals surface area contributed by atoms with E-state index in [0.29, 0.717) is 30.8 Å². The Morgan fingerprint density at radius 3 is 2.76 bits per heavy atom. The average molecular weight is 236 g/mol. The lowest BCUT2D eigenvalue weighted by Gasteiger charge is -2.38. The molecule has 0 spiro atoms. The third-order valence-corrected chi connectivity index (χ3v) is 3.91.